The first-order valence-electron chi connectivity index (χ1n) is 10.3. The monoisotopic (exact) mass is 467 g/mol. The number of carbonyl (C=O) groups is 1. The van der Waals surface area contributed by atoms with Crippen LogP contribution in [0.5, 0.6) is 17.2 Å². The lowest BCUT2D eigenvalue weighted by Gasteiger charge is -2.19. The fraction of sp³-hybridized carbons (Fsp3) is 0.304. The molecule has 0 aliphatic carbocycles. The lowest BCUT2D eigenvalue weighted by Crippen LogP contribution is -2.13. The molecule has 0 bridgehead atoms. The highest BCUT2D eigenvalue weighted by molar-refractivity contribution is 7.21. The molecule has 0 atom stereocenters. The summed E-state index contributed by atoms with van der Waals surface area (Å²) in [4.78, 5) is 13.4. The fourth-order valence-corrected chi connectivity index (χ4v) is 4.38. The SMILES string of the molecule is COc1cc2sc(C(=O)Nc3nn[nH]n3)c(OCc3ccc(C(C)(C)C)cc3)c2cc1OC. The van der Waals surface area contributed by atoms with E-state index in [-0.39, 0.29) is 11.4 Å². The summed E-state index contributed by atoms with van der Waals surface area (Å²) in [5.74, 6) is 1.26. The molecule has 0 unspecified atom stereocenters. The minimum atomic E-state index is -0.395. The first-order valence-corrected chi connectivity index (χ1v) is 11.1. The summed E-state index contributed by atoms with van der Waals surface area (Å²) in [6, 6.07) is 11.9. The Morgan fingerprint density at radius 2 is 1.79 bits per heavy atom. The number of nitrogens with zero attached hydrogens (tertiary/aromatic N) is 3. The Morgan fingerprint density at radius 3 is 2.39 bits per heavy atom. The summed E-state index contributed by atoms with van der Waals surface area (Å²) in [5, 5.41) is 16.7. The van der Waals surface area contributed by atoms with Crippen LogP contribution in [0.1, 0.15) is 41.6 Å². The van der Waals surface area contributed by atoms with Gasteiger partial charge in [-0.25, -0.2) is 0 Å². The van der Waals surface area contributed by atoms with Crippen LogP contribution >= 0.6 is 11.3 Å². The molecule has 0 aliphatic heterocycles. The number of tetrazole rings is 1. The third-order valence-electron chi connectivity index (χ3n) is 5.13. The van der Waals surface area contributed by atoms with Crippen LogP contribution in [-0.2, 0) is 12.0 Å². The van der Waals surface area contributed by atoms with Gasteiger partial charge in [0, 0.05) is 16.2 Å². The molecule has 4 aromatic rings. The average Bonchev–Trinajstić information content (AvgIpc) is 3.43. The van der Waals surface area contributed by atoms with Gasteiger partial charge >= 0.3 is 0 Å². The fourth-order valence-electron chi connectivity index (χ4n) is 3.32. The van der Waals surface area contributed by atoms with E-state index in [9.17, 15) is 4.79 Å². The van der Waals surface area contributed by atoms with Crippen LogP contribution in [0.3, 0.4) is 0 Å². The van der Waals surface area contributed by atoms with Crippen molar-refractivity contribution < 1.29 is 19.0 Å². The topological polar surface area (TPSA) is 111 Å². The summed E-state index contributed by atoms with van der Waals surface area (Å²) >= 11 is 1.28. The number of carbonyl (C=O) groups excluding carboxylic acids is 1. The number of hydrogen-bond acceptors (Lipinski definition) is 8. The molecule has 0 saturated carbocycles. The van der Waals surface area contributed by atoms with Crippen molar-refractivity contribution in [3.63, 3.8) is 0 Å². The van der Waals surface area contributed by atoms with Crippen molar-refractivity contribution in [3.8, 4) is 17.2 Å². The Balaban J connectivity index is 1.69. The van der Waals surface area contributed by atoms with E-state index in [1.807, 2.05) is 24.3 Å². The van der Waals surface area contributed by atoms with Gasteiger partial charge in [0.15, 0.2) is 17.2 Å². The Bertz CT molecular complexity index is 1260. The van der Waals surface area contributed by atoms with Gasteiger partial charge in [0.2, 0.25) is 0 Å². The van der Waals surface area contributed by atoms with Crippen LogP contribution in [0.2, 0.25) is 0 Å². The molecule has 172 valence electrons. The Kier molecular flexibility index (Phi) is 6.19. The van der Waals surface area contributed by atoms with Gasteiger partial charge in [-0.3, -0.25) is 10.1 Å². The largest absolute Gasteiger partial charge is 0.493 e. The van der Waals surface area contributed by atoms with E-state index in [2.05, 4.69) is 58.8 Å². The number of amides is 1. The van der Waals surface area contributed by atoms with Gasteiger partial charge in [-0.1, -0.05) is 50.1 Å². The van der Waals surface area contributed by atoms with Crippen LogP contribution in [0.25, 0.3) is 10.1 Å². The van der Waals surface area contributed by atoms with Crippen molar-refractivity contribution in [2.45, 2.75) is 32.8 Å². The second kappa shape index (κ2) is 9.07. The number of benzene rings is 2. The van der Waals surface area contributed by atoms with E-state index in [0.29, 0.717) is 28.7 Å². The standard InChI is InChI=1S/C23H25N5O4S/c1-23(2,3)14-8-6-13(7-9-14)12-32-19-15-10-16(30-4)17(31-5)11-18(15)33-20(19)21(29)24-22-25-27-28-26-22/h6-11H,12H2,1-5H3,(H2,24,25,26,27,28,29). The number of aromatic amines is 1. The molecule has 0 fully saturated rings. The highest BCUT2D eigenvalue weighted by Crippen LogP contribution is 2.44. The molecule has 2 aromatic carbocycles. The first kappa shape index (κ1) is 22.5. The van der Waals surface area contributed by atoms with Crippen molar-refractivity contribution in [2.75, 3.05) is 19.5 Å². The summed E-state index contributed by atoms with van der Waals surface area (Å²) in [5.41, 5.74) is 2.30. The Labute approximate surface area is 195 Å². The van der Waals surface area contributed by atoms with Gasteiger partial charge in [-0.05, 0) is 27.8 Å². The van der Waals surface area contributed by atoms with Gasteiger partial charge in [0.05, 0.1) is 14.2 Å². The van der Waals surface area contributed by atoms with Crippen LogP contribution < -0.4 is 19.5 Å². The van der Waals surface area contributed by atoms with Crippen LogP contribution in [-0.4, -0.2) is 40.8 Å². The van der Waals surface area contributed by atoms with E-state index in [0.717, 1.165) is 15.6 Å². The second-order valence-corrected chi connectivity index (χ2v) is 9.44. The predicted molar refractivity (Wildman–Crippen MR) is 127 cm³/mol. The van der Waals surface area contributed by atoms with Crippen molar-refractivity contribution in [1.82, 2.24) is 20.6 Å². The molecule has 10 heteroatoms. The van der Waals surface area contributed by atoms with Gasteiger partial charge in [-0.2, -0.15) is 5.21 Å². The molecule has 2 aromatic heterocycles. The maximum absolute atomic E-state index is 13.0. The maximum Gasteiger partial charge on any atom is 0.272 e. The number of fused-ring (bicyclic) bond motifs is 1. The third-order valence-corrected chi connectivity index (χ3v) is 6.26. The zero-order valence-corrected chi connectivity index (χ0v) is 19.9. The van der Waals surface area contributed by atoms with Crippen LogP contribution in [0.4, 0.5) is 5.95 Å². The molecule has 2 heterocycles. The highest BCUT2D eigenvalue weighted by atomic mass is 32.1. The van der Waals surface area contributed by atoms with Gasteiger partial charge in [0.1, 0.15) is 11.5 Å². The lowest BCUT2D eigenvalue weighted by molar-refractivity contribution is 0.102. The second-order valence-electron chi connectivity index (χ2n) is 8.39. The van der Waals surface area contributed by atoms with Crippen molar-refractivity contribution in [2.24, 2.45) is 0 Å². The smallest absolute Gasteiger partial charge is 0.272 e. The van der Waals surface area contributed by atoms with Gasteiger partial charge < -0.3 is 14.2 Å². The highest BCUT2D eigenvalue weighted by Gasteiger charge is 2.23. The number of H-pyrrole nitrogens is 1. The summed E-state index contributed by atoms with van der Waals surface area (Å²) in [6.45, 7) is 6.82. The number of anilines is 1. The van der Waals surface area contributed by atoms with Crippen molar-refractivity contribution >= 4 is 33.3 Å². The summed E-state index contributed by atoms with van der Waals surface area (Å²) in [7, 11) is 3.14. The summed E-state index contributed by atoms with van der Waals surface area (Å²) < 4.78 is 17.9. The number of hydrogen-bond donors (Lipinski definition) is 2. The molecular weight excluding hydrogens is 442 g/mol. The van der Waals surface area contributed by atoms with Crippen molar-refractivity contribution in [1.29, 1.82) is 0 Å². The van der Waals surface area contributed by atoms with Gasteiger partial charge in [0.25, 0.3) is 11.9 Å². The molecule has 1 amide bonds. The average molecular weight is 468 g/mol. The van der Waals surface area contributed by atoms with E-state index >= 15 is 0 Å². The quantitative estimate of drug-likeness (QED) is 0.410. The van der Waals surface area contributed by atoms with E-state index < -0.39 is 5.91 Å². The molecule has 0 spiro atoms. The van der Waals surface area contributed by atoms with E-state index in [1.165, 1.54) is 16.9 Å². The molecule has 0 radical (unpaired) electrons. The molecule has 4 rings (SSSR count). The molecule has 9 nitrogen and oxygen atoms in total. The summed E-state index contributed by atoms with van der Waals surface area (Å²) in [6.07, 6.45) is 0. The maximum atomic E-state index is 13.0. The predicted octanol–water partition coefficient (Wildman–Crippen LogP) is 4.56. The molecule has 2 N–H and O–H groups in total. The normalized spacial score (nSPS) is 11.4. The van der Waals surface area contributed by atoms with Crippen molar-refractivity contribution in [3.05, 3.63) is 52.4 Å². The first-order chi connectivity index (χ1) is 15.8. The Hall–Kier alpha value is -3.66. The van der Waals surface area contributed by atoms with E-state index in [4.69, 9.17) is 14.2 Å². The lowest BCUT2D eigenvalue weighted by atomic mass is 9.87. The number of nitrogens with one attached hydrogen (secondary N) is 2. The minimum Gasteiger partial charge on any atom is -0.493 e. The zero-order valence-electron chi connectivity index (χ0n) is 19.1. The number of methoxy groups -OCH3 is 2. The Morgan fingerprint density at radius 1 is 1.09 bits per heavy atom. The number of aromatic nitrogens is 4. The van der Waals surface area contributed by atoms with E-state index in [1.54, 1.807) is 14.2 Å². The number of thiophene rings is 1. The number of rotatable bonds is 7. The van der Waals surface area contributed by atoms with Crippen LogP contribution in [0.15, 0.2) is 36.4 Å². The molecular formula is C23H25N5O4S. The van der Waals surface area contributed by atoms with Gasteiger partial charge in [-0.15, -0.1) is 16.4 Å². The minimum absolute atomic E-state index is 0.0684. The molecule has 0 saturated heterocycles. The zero-order chi connectivity index (χ0) is 23.6. The van der Waals surface area contributed by atoms with Crippen LogP contribution in [0, 0.1) is 0 Å². The number of ether oxygens (including phenoxy) is 3. The molecule has 0 aliphatic rings. The molecule has 33 heavy (non-hydrogen) atoms. The third kappa shape index (κ3) is 4.75.